The van der Waals surface area contributed by atoms with Crippen LogP contribution in [-0.2, 0) is 10.3 Å². The van der Waals surface area contributed by atoms with Gasteiger partial charge in [0.1, 0.15) is 11.4 Å². The van der Waals surface area contributed by atoms with E-state index < -0.39 is 0 Å². The second-order valence-electron chi connectivity index (χ2n) is 3.85. The van der Waals surface area contributed by atoms with E-state index >= 15 is 0 Å². The third-order valence-electron chi connectivity index (χ3n) is 2.67. The minimum absolute atomic E-state index is 0.222. The summed E-state index contributed by atoms with van der Waals surface area (Å²) in [6.07, 6.45) is 0.796. The summed E-state index contributed by atoms with van der Waals surface area (Å²) in [4.78, 5) is 0. The van der Waals surface area contributed by atoms with E-state index in [2.05, 4.69) is 22.5 Å². The lowest BCUT2D eigenvalue weighted by Gasteiger charge is -2.26. The maximum atomic E-state index is 12.8. The Bertz CT molecular complexity index is 374. The van der Waals surface area contributed by atoms with Gasteiger partial charge in [0.15, 0.2) is 0 Å². The Hall–Kier alpha value is -0.670. The smallest absolute Gasteiger partial charge is 0.123 e. The molecule has 1 aliphatic rings. The quantitative estimate of drug-likeness (QED) is 0.591. The average molecular weight is 271 g/mol. The molecular formula is C12H12BrFO. The van der Waals surface area contributed by atoms with Crippen LogP contribution < -0.4 is 0 Å². The van der Waals surface area contributed by atoms with Crippen LogP contribution in [-0.4, -0.2) is 11.9 Å². The van der Waals surface area contributed by atoms with Gasteiger partial charge in [-0.2, -0.15) is 0 Å². The van der Waals surface area contributed by atoms with Gasteiger partial charge < -0.3 is 4.74 Å². The molecule has 15 heavy (non-hydrogen) atoms. The van der Waals surface area contributed by atoms with Gasteiger partial charge in [-0.15, -0.1) is 0 Å². The van der Waals surface area contributed by atoms with Crippen LogP contribution in [0.2, 0.25) is 0 Å². The highest BCUT2D eigenvalue weighted by atomic mass is 79.9. The van der Waals surface area contributed by atoms with Crippen molar-refractivity contribution in [3.8, 4) is 0 Å². The first kappa shape index (κ1) is 10.8. The molecule has 1 aromatic carbocycles. The second kappa shape index (κ2) is 4.06. The van der Waals surface area contributed by atoms with Gasteiger partial charge in [-0.3, -0.25) is 0 Å². The van der Waals surface area contributed by atoms with E-state index in [1.54, 1.807) is 12.1 Å². The molecule has 2 rings (SSSR count). The summed E-state index contributed by atoms with van der Waals surface area (Å²) in [6.45, 7) is 4.51. The normalized spacial score (nSPS) is 25.9. The van der Waals surface area contributed by atoms with Crippen molar-refractivity contribution < 1.29 is 9.13 Å². The first-order valence-corrected chi connectivity index (χ1v) is 5.91. The first-order valence-electron chi connectivity index (χ1n) is 4.79. The fraction of sp³-hybridized carbons (Fsp3) is 0.333. The van der Waals surface area contributed by atoms with Crippen LogP contribution in [0.1, 0.15) is 12.0 Å². The van der Waals surface area contributed by atoms with E-state index in [-0.39, 0.29) is 11.4 Å². The number of hydrogen-bond donors (Lipinski definition) is 0. The summed E-state index contributed by atoms with van der Waals surface area (Å²) in [5.41, 5.74) is 1.73. The van der Waals surface area contributed by atoms with Gasteiger partial charge in [-0.25, -0.2) is 4.39 Å². The molecule has 80 valence electrons. The second-order valence-corrected chi connectivity index (χ2v) is 4.41. The molecule has 0 aromatic heterocycles. The maximum Gasteiger partial charge on any atom is 0.123 e. The molecule has 1 aromatic rings. The third kappa shape index (κ3) is 1.99. The Morgan fingerprint density at radius 2 is 2.07 bits per heavy atom. The van der Waals surface area contributed by atoms with Gasteiger partial charge >= 0.3 is 0 Å². The zero-order chi connectivity index (χ0) is 10.9. The zero-order valence-electron chi connectivity index (χ0n) is 8.30. The number of alkyl halides is 1. The molecule has 0 amide bonds. The number of hydrogen-bond acceptors (Lipinski definition) is 1. The van der Waals surface area contributed by atoms with Crippen molar-refractivity contribution in [3.63, 3.8) is 0 Å². The van der Waals surface area contributed by atoms with Crippen molar-refractivity contribution in [3.05, 3.63) is 47.8 Å². The summed E-state index contributed by atoms with van der Waals surface area (Å²) in [7, 11) is 0. The fourth-order valence-electron chi connectivity index (χ4n) is 1.85. The van der Waals surface area contributed by atoms with E-state index in [1.165, 1.54) is 12.1 Å². The third-order valence-corrected chi connectivity index (χ3v) is 3.58. The molecule has 1 aliphatic heterocycles. The Balaban J connectivity index is 2.34. The number of benzene rings is 1. The van der Waals surface area contributed by atoms with Crippen LogP contribution in [0.4, 0.5) is 4.39 Å². The maximum absolute atomic E-state index is 12.8. The van der Waals surface area contributed by atoms with Crippen LogP contribution in [0, 0.1) is 5.82 Å². The van der Waals surface area contributed by atoms with Gasteiger partial charge in [0.05, 0.1) is 6.61 Å². The summed E-state index contributed by atoms with van der Waals surface area (Å²) < 4.78 is 18.6. The topological polar surface area (TPSA) is 9.23 Å². The lowest BCUT2D eigenvalue weighted by atomic mass is 9.92. The molecule has 1 nitrogen and oxygen atoms in total. The van der Waals surface area contributed by atoms with Crippen molar-refractivity contribution in [1.29, 1.82) is 0 Å². The average Bonchev–Trinajstić information content (AvgIpc) is 2.62. The van der Waals surface area contributed by atoms with E-state index in [4.69, 9.17) is 4.74 Å². The molecule has 1 fully saturated rings. The highest BCUT2D eigenvalue weighted by Crippen LogP contribution is 2.39. The van der Waals surface area contributed by atoms with Crippen LogP contribution >= 0.6 is 15.9 Å². The summed E-state index contributed by atoms with van der Waals surface area (Å²) in [5, 5.41) is 0.699. The molecule has 0 spiro atoms. The van der Waals surface area contributed by atoms with E-state index in [9.17, 15) is 4.39 Å². The molecule has 0 aliphatic carbocycles. The van der Waals surface area contributed by atoms with Gasteiger partial charge in [0.25, 0.3) is 0 Å². The van der Waals surface area contributed by atoms with Crippen molar-refractivity contribution in [2.24, 2.45) is 0 Å². The number of ether oxygens (including phenoxy) is 1. The monoisotopic (exact) mass is 270 g/mol. The summed E-state index contributed by atoms with van der Waals surface area (Å²) in [5.74, 6) is -0.222. The lowest BCUT2D eigenvalue weighted by molar-refractivity contribution is 0.0231. The van der Waals surface area contributed by atoms with Crippen molar-refractivity contribution in [2.45, 2.75) is 12.0 Å². The van der Waals surface area contributed by atoms with Gasteiger partial charge in [0, 0.05) is 11.8 Å². The standard InChI is InChI=1S/C12H12BrFO/c1-9-6-12(8-13,15-7-9)10-2-4-11(14)5-3-10/h2-5H,1,6-8H2. The Morgan fingerprint density at radius 3 is 2.53 bits per heavy atom. The highest BCUT2D eigenvalue weighted by Gasteiger charge is 2.37. The predicted molar refractivity (Wildman–Crippen MR) is 61.6 cm³/mol. The number of halogens is 2. The van der Waals surface area contributed by atoms with E-state index in [0.717, 1.165) is 17.6 Å². The zero-order valence-corrected chi connectivity index (χ0v) is 9.89. The predicted octanol–water partition coefficient (Wildman–Crippen LogP) is 3.39. The van der Waals surface area contributed by atoms with Crippen molar-refractivity contribution in [1.82, 2.24) is 0 Å². The van der Waals surface area contributed by atoms with E-state index in [0.29, 0.717) is 11.9 Å². The molecule has 0 N–H and O–H groups in total. The van der Waals surface area contributed by atoms with E-state index in [1.807, 2.05) is 0 Å². The van der Waals surface area contributed by atoms with Crippen LogP contribution in [0.3, 0.4) is 0 Å². The molecule has 1 atom stereocenters. The van der Waals surface area contributed by atoms with Crippen LogP contribution in [0.25, 0.3) is 0 Å². The van der Waals surface area contributed by atoms with Crippen molar-refractivity contribution in [2.75, 3.05) is 11.9 Å². The first-order chi connectivity index (χ1) is 7.16. The molecule has 3 heteroatoms. The van der Waals surface area contributed by atoms with Gasteiger partial charge in [0.2, 0.25) is 0 Å². The molecule has 1 unspecified atom stereocenters. The molecule has 0 radical (unpaired) electrons. The molecule has 1 saturated heterocycles. The van der Waals surface area contributed by atoms with Gasteiger partial charge in [-0.1, -0.05) is 34.6 Å². The van der Waals surface area contributed by atoms with Crippen molar-refractivity contribution >= 4 is 15.9 Å². The minimum atomic E-state index is -0.356. The minimum Gasteiger partial charge on any atom is -0.365 e. The Morgan fingerprint density at radius 1 is 1.40 bits per heavy atom. The Kier molecular flexibility index (Phi) is 2.94. The summed E-state index contributed by atoms with van der Waals surface area (Å²) in [6, 6.07) is 6.47. The van der Waals surface area contributed by atoms with Crippen LogP contribution in [0.5, 0.6) is 0 Å². The largest absolute Gasteiger partial charge is 0.365 e. The highest BCUT2D eigenvalue weighted by molar-refractivity contribution is 9.09. The fourth-order valence-corrected chi connectivity index (χ4v) is 2.53. The van der Waals surface area contributed by atoms with Gasteiger partial charge in [-0.05, 0) is 23.3 Å². The molecule has 0 saturated carbocycles. The van der Waals surface area contributed by atoms with Crippen LogP contribution in [0.15, 0.2) is 36.4 Å². The lowest BCUT2D eigenvalue weighted by Crippen LogP contribution is -2.26. The molecular weight excluding hydrogens is 259 g/mol. The Labute approximate surface area is 97.1 Å². The number of rotatable bonds is 2. The molecule has 0 bridgehead atoms. The molecule has 1 heterocycles. The SMILES string of the molecule is C=C1COC(CBr)(c2ccc(F)cc2)C1. The summed E-state index contributed by atoms with van der Waals surface area (Å²) >= 11 is 3.46.